The molecule has 3 rings (SSSR count). The summed E-state index contributed by atoms with van der Waals surface area (Å²) in [4.78, 5) is 47.2. The number of fused-ring (bicyclic) bond motifs is 1. The zero-order valence-corrected chi connectivity index (χ0v) is 13.8. The number of hydrogen-bond acceptors (Lipinski definition) is 6. The normalized spacial score (nSPS) is 18.4. The Morgan fingerprint density at radius 2 is 1.77 bits per heavy atom. The summed E-state index contributed by atoms with van der Waals surface area (Å²) in [5, 5.41) is 13.8. The third-order valence-electron chi connectivity index (χ3n) is 3.62. The van der Waals surface area contributed by atoms with E-state index in [1.54, 1.807) is 12.1 Å². The molecule has 9 nitrogen and oxygen atoms in total. The molecule has 10 heteroatoms. The SMILES string of the molecule is O=C(Nc1ccccc1[N+](=O)[O-])C(=O)C1C(=O)Nc2ccccc2S1=O. The molecule has 0 fully saturated rings. The molecular formula is C16H11N3O6S. The smallest absolute Gasteiger partial charge is 0.293 e. The Kier molecular flexibility index (Phi) is 4.59. The number of carbonyl (C=O) groups is 3. The molecule has 26 heavy (non-hydrogen) atoms. The number of nitrogens with zero attached hydrogens (tertiary/aromatic N) is 1. The molecule has 0 aromatic heterocycles. The Hall–Kier alpha value is -3.40. The van der Waals surface area contributed by atoms with Gasteiger partial charge in [0.25, 0.3) is 11.6 Å². The molecule has 0 bridgehead atoms. The van der Waals surface area contributed by atoms with E-state index in [9.17, 15) is 28.7 Å². The molecule has 2 aromatic rings. The number of para-hydroxylation sites is 3. The van der Waals surface area contributed by atoms with E-state index < -0.39 is 44.3 Å². The maximum atomic E-state index is 12.5. The van der Waals surface area contributed by atoms with Crippen molar-refractivity contribution in [3.05, 3.63) is 58.6 Å². The third kappa shape index (κ3) is 3.09. The molecule has 0 saturated heterocycles. The summed E-state index contributed by atoms with van der Waals surface area (Å²) >= 11 is 0. The van der Waals surface area contributed by atoms with E-state index in [-0.39, 0.29) is 10.6 Å². The molecule has 1 heterocycles. The highest BCUT2D eigenvalue weighted by atomic mass is 32.2. The quantitative estimate of drug-likeness (QED) is 0.358. The molecule has 0 spiro atoms. The molecular weight excluding hydrogens is 362 g/mol. The van der Waals surface area contributed by atoms with Gasteiger partial charge in [0.15, 0.2) is 5.25 Å². The number of nitro benzene ring substituents is 1. The predicted molar refractivity (Wildman–Crippen MR) is 92.0 cm³/mol. The lowest BCUT2D eigenvalue weighted by Crippen LogP contribution is -2.46. The summed E-state index contributed by atoms with van der Waals surface area (Å²) in [6.45, 7) is 0. The van der Waals surface area contributed by atoms with Crippen molar-refractivity contribution in [3.63, 3.8) is 0 Å². The van der Waals surface area contributed by atoms with Crippen molar-refractivity contribution >= 4 is 45.5 Å². The van der Waals surface area contributed by atoms with Crippen LogP contribution in [0.5, 0.6) is 0 Å². The van der Waals surface area contributed by atoms with Gasteiger partial charge in [-0.1, -0.05) is 24.3 Å². The summed E-state index contributed by atoms with van der Waals surface area (Å²) in [5.74, 6) is -3.37. The number of benzene rings is 2. The number of hydrogen-bond donors (Lipinski definition) is 2. The van der Waals surface area contributed by atoms with E-state index in [0.29, 0.717) is 5.69 Å². The average Bonchev–Trinajstić information content (AvgIpc) is 2.61. The number of nitrogens with one attached hydrogen (secondary N) is 2. The van der Waals surface area contributed by atoms with Gasteiger partial charge in [-0.3, -0.25) is 28.7 Å². The first-order valence-corrected chi connectivity index (χ1v) is 8.50. The summed E-state index contributed by atoms with van der Waals surface area (Å²) < 4.78 is 12.5. The van der Waals surface area contributed by atoms with Gasteiger partial charge in [0.1, 0.15) is 5.69 Å². The Balaban J connectivity index is 1.86. The van der Waals surface area contributed by atoms with Crippen LogP contribution in [0.2, 0.25) is 0 Å². The van der Waals surface area contributed by atoms with Gasteiger partial charge >= 0.3 is 0 Å². The Morgan fingerprint density at radius 3 is 2.50 bits per heavy atom. The first-order chi connectivity index (χ1) is 12.4. The van der Waals surface area contributed by atoms with Crippen molar-refractivity contribution in [3.8, 4) is 0 Å². The van der Waals surface area contributed by atoms with Crippen molar-refractivity contribution in [1.82, 2.24) is 0 Å². The molecule has 132 valence electrons. The highest BCUT2D eigenvalue weighted by molar-refractivity contribution is 7.87. The van der Waals surface area contributed by atoms with Crippen LogP contribution in [0.4, 0.5) is 17.1 Å². The minimum Gasteiger partial charge on any atom is -0.324 e. The highest BCUT2D eigenvalue weighted by Gasteiger charge is 2.41. The van der Waals surface area contributed by atoms with Crippen LogP contribution in [0.3, 0.4) is 0 Å². The predicted octanol–water partition coefficient (Wildman–Crippen LogP) is 1.23. The van der Waals surface area contributed by atoms with E-state index in [2.05, 4.69) is 10.6 Å². The Morgan fingerprint density at radius 1 is 1.12 bits per heavy atom. The van der Waals surface area contributed by atoms with Crippen molar-refractivity contribution in [2.45, 2.75) is 10.1 Å². The van der Waals surface area contributed by atoms with Gasteiger partial charge in [-0.15, -0.1) is 0 Å². The fourth-order valence-corrected chi connectivity index (χ4v) is 3.78. The summed E-state index contributed by atoms with van der Waals surface area (Å²) in [7, 11) is -2.06. The van der Waals surface area contributed by atoms with Crippen molar-refractivity contribution in [2.75, 3.05) is 10.6 Å². The molecule has 2 unspecified atom stereocenters. The van der Waals surface area contributed by atoms with Crippen LogP contribution in [-0.4, -0.2) is 32.0 Å². The fourth-order valence-electron chi connectivity index (χ4n) is 2.43. The van der Waals surface area contributed by atoms with Crippen LogP contribution in [0.25, 0.3) is 0 Å². The number of carbonyl (C=O) groups excluding carboxylic acids is 3. The van der Waals surface area contributed by atoms with Crippen molar-refractivity contribution in [1.29, 1.82) is 0 Å². The molecule has 1 aliphatic heterocycles. The molecule has 2 N–H and O–H groups in total. The molecule has 2 aromatic carbocycles. The first-order valence-electron chi connectivity index (χ1n) is 7.29. The van der Waals surface area contributed by atoms with E-state index in [0.717, 1.165) is 6.07 Å². The summed E-state index contributed by atoms with van der Waals surface area (Å²) in [6, 6.07) is 11.5. The number of amides is 2. The van der Waals surface area contributed by atoms with Gasteiger partial charge in [0.05, 0.1) is 26.3 Å². The van der Waals surface area contributed by atoms with Crippen LogP contribution in [0.1, 0.15) is 0 Å². The summed E-state index contributed by atoms with van der Waals surface area (Å²) in [5.41, 5.74) is -0.301. The third-order valence-corrected chi connectivity index (χ3v) is 5.27. The largest absolute Gasteiger partial charge is 0.324 e. The van der Waals surface area contributed by atoms with Crippen molar-refractivity contribution < 1.29 is 23.5 Å². The number of nitro groups is 1. The molecule has 0 aliphatic carbocycles. The maximum Gasteiger partial charge on any atom is 0.293 e. The summed E-state index contributed by atoms with van der Waals surface area (Å²) in [6.07, 6.45) is 0. The van der Waals surface area contributed by atoms with Gasteiger partial charge < -0.3 is 10.6 Å². The highest BCUT2D eigenvalue weighted by Crippen LogP contribution is 2.28. The van der Waals surface area contributed by atoms with Crippen LogP contribution < -0.4 is 10.6 Å². The fraction of sp³-hybridized carbons (Fsp3) is 0.0625. The second kappa shape index (κ2) is 6.84. The number of Topliss-reactive ketones (excluding diaryl/α,β-unsaturated/α-hetero) is 1. The number of anilines is 2. The van der Waals surface area contributed by atoms with Gasteiger partial charge in [-0.05, 0) is 18.2 Å². The number of ketones is 1. The molecule has 2 atom stereocenters. The van der Waals surface area contributed by atoms with Crippen molar-refractivity contribution in [2.24, 2.45) is 0 Å². The lowest BCUT2D eigenvalue weighted by molar-refractivity contribution is -0.383. The zero-order valence-electron chi connectivity index (χ0n) is 13.0. The Labute approximate surface area is 149 Å². The second-order valence-electron chi connectivity index (χ2n) is 5.26. The maximum absolute atomic E-state index is 12.5. The molecule has 0 saturated carbocycles. The Bertz CT molecular complexity index is 974. The van der Waals surface area contributed by atoms with Gasteiger partial charge in [-0.25, -0.2) is 0 Å². The van der Waals surface area contributed by atoms with Crippen LogP contribution in [0.15, 0.2) is 53.4 Å². The lowest BCUT2D eigenvalue weighted by Gasteiger charge is -2.22. The van der Waals surface area contributed by atoms with Gasteiger partial charge in [0, 0.05) is 6.07 Å². The second-order valence-corrected chi connectivity index (χ2v) is 6.76. The van der Waals surface area contributed by atoms with E-state index in [4.69, 9.17) is 0 Å². The van der Waals surface area contributed by atoms with E-state index in [1.807, 2.05) is 0 Å². The van der Waals surface area contributed by atoms with Crippen LogP contribution in [0, 0.1) is 10.1 Å². The van der Waals surface area contributed by atoms with Crippen LogP contribution >= 0.6 is 0 Å². The van der Waals surface area contributed by atoms with Gasteiger partial charge in [0.2, 0.25) is 11.7 Å². The lowest BCUT2D eigenvalue weighted by atomic mass is 10.2. The minimum atomic E-state index is -2.06. The zero-order chi connectivity index (χ0) is 18.8. The average molecular weight is 373 g/mol. The standard InChI is InChI=1S/C16H11N3O6S/c20-13(15(21)17-9-5-1-3-7-11(9)19(23)24)14-16(22)18-10-6-2-4-8-12(10)26(14)25/h1-8,14H,(H,17,21)(H,18,22). The molecule has 1 aliphatic rings. The van der Waals surface area contributed by atoms with Crippen LogP contribution in [-0.2, 0) is 25.2 Å². The minimum absolute atomic E-state index is 0.196. The molecule has 2 amide bonds. The van der Waals surface area contributed by atoms with Gasteiger partial charge in [-0.2, -0.15) is 0 Å². The number of rotatable bonds is 4. The van der Waals surface area contributed by atoms with E-state index in [1.165, 1.54) is 30.3 Å². The monoisotopic (exact) mass is 373 g/mol. The molecule has 0 radical (unpaired) electrons. The van der Waals surface area contributed by atoms with E-state index >= 15 is 0 Å². The first kappa shape index (κ1) is 17.4. The topological polar surface area (TPSA) is 135 Å².